The van der Waals surface area contributed by atoms with E-state index in [1.807, 2.05) is 6.92 Å². The first-order valence-electron chi connectivity index (χ1n) is 14.1. The lowest BCUT2D eigenvalue weighted by Crippen LogP contribution is -2.52. The van der Waals surface area contributed by atoms with Gasteiger partial charge in [-0.15, -0.1) is 0 Å². The summed E-state index contributed by atoms with van der Waals surface area (Å²) in [4.78, 5) is 63.5. The van der Waals surface area contributed by atoms with E-state index in [9.17, 15) is 32.4 Å². The molecule has 0 radical (unpaired) electrons. The van der Waals surface area contributed by atoms with E-state index in [1.165, 1.54) is 28.6 Å². The number of carbonyl (C=O) groups is 5. The first-order chi connectivity index (χ1) is 20.7. The van der Waals surface area contributed by atoms with Crippen molar-refractivity contribution in [2.45, 2.75) is 69.5 Å². The third kappa shape index (κ3) is 8.04. The molecule has 2 saturated heterocycles. The summed E-state index contributed by atoms with van der Waals surface area (Å²) in [6, 6.07) is 10.3. The maximum atomic E-state index is 13.5. The molecule has 0 unspecified atom stereocenters. The van der Waals surface area contributed by atoms with Gasteiger partial charge in [0.1, 0.15) is 23.4 Å². The monoisotopic (exact) mass is 645 g/mol. The van der Waals surface area contributed by atoms with Crippen LogP contribution in [-0.4, -0.2) is 83.1 Å². The SMILES string of the molecule is Cc1ccc(S(=O)(=O)N2CCC[C@H]2C(=O)N[C@@H](Cc2ccc(OC(=O)N3CCSC(=O)C3=O)cc2)C(=O)OC(C)(C)C)cc1. The van der Waals surface area contributed by atoms with Crippen molar-refractivity contribution in [3.8, 4) is 5.75 Å². The summed E-state index contributed by atoms with van der Waals surface area (Å²) in [5, 5.41) is 1.98. The van der Waals surface area contributed by atoms with Crippen LogP contribution in [0.25, 0.3) is 0 Å². The number of carbonyl (C=O) groups excluding carboxylic acids is 5. The average molecular weight is 646 g/mol. The van der Waals surface area contributed by atoms with Gasteiger partial charge in [-0.2, -0.15) is 4.31 Å². The lowest BCUT2D eigenvalue weighted by atomic mass is 10.0. The smallest absolute Gasteiger partial charge is 0.422 e. The molecule has 2 atom stereocenters. The molecule has 2 aromatic carbocycles. The number of amides is 3. The Bertz CT molecular complexity index is 1530. The molecule has 236 valence electrons. The highest BCUT2D eigenvalue weighted by molar-refractivity contribution is 8.15. The third-order valence-electron chi connectivity index (χ3n) is 6.90. The highest BCUT2D eigenvalue weighted by atomic mass is 32.2. The molecule has 12 nitrogen and oxygen atoms in total. The van der Waals surface area contributed by atoms with Crippen molar-refractivity contribution >= 4 is 50.8 Å². The van der Waals surface area contributed by atoms with Gasteiger partial charge in [-0.05, 0) is 70.4 Å². The zero-order chi connectivity index (χ0) is 32.2. The topological polar surface area (TPSA) is 156 Å². The molecule has 1 N–H and O–H groups in total. The predicted octanol–water partition coefficient (Wildman–Crippen LogP) is 2.82. The van der Waals surface area contributed by atoms with Crippen molar-refractivity contribution < 1.29 is 41.9 Å². The summed E-state index contributed by atoms with van der Waals surface area (Å²) in [6.45, 7) is 7.15. The minimum Gasteiger partial charge on any atom is -0.458 e. The van der Waals surface area contributed by atoms with Crippen LogP contribution in [0.5, 0.6) is 5.75 Å². The summed E-state index contributed by atoms with van der Waals surface area (Å²) < 4.78 is 38.7. The van der Waals surface area contributed by atoms with E-state index in [2.05, 4.69) is 5.32 Å². The standard InChI is InChI=1S/C30H35N3O9S2/c1-19-7-13-22(14-8-19)44(39,40)33-15-5-6-24(33)25(34)31-23(27(36)42-30(2,3)4)18-20-9-11-21(12-10-20)41-29(38)32-16-17-43-28(37)26(32)35/h7-14,23-24H,5-6,15-18H2,1-4H3,(H,31,34)/t23-,24-/m0/s1. The van der Waals surface area contributed by atoms with Gasteiger partial charge in [-0.3, -0.25) is 14.4 Å². The maximum Gasteiger partial charge on any atom is 0.422 e. The van der Waals surface area contributed by atoms with Gasteiger partial charge >= 0.3 is 18.0 Å². The van der Waals surface area contributed by atoms with Crippen molar-refractivity contribution in [2.75, 3.05) is 18.8 Å². The molecule has 44 heavy (non-hydrogen) atoms. The molecule has 4 rings (SSSR count). The number of nitrogens with zero attached hydrogens (tertiary/aromatic N) is 2. The van der Waals surface area contributed by atoms with Crippen LogP contribution >= 0.6 is 11.8 Å². The molecular formula is C30H35N3O9S2. The number of esters is 1. The zero-order valence-corrected chi connectivity index (χ0v) is 26.5. The van der Waals surface area contributed by atoms with Gasteiger partial charge in [-0.25, -0.2) is 22.9 Å². The molecule has 0 spiro atoms. The van der Waals surface area contributed by atoms with Crippen LogP contribution in [-0.2, 0) is 40.4 Å². The summed E-state index contributed by atoms with van der Waals surface area (Å²) in [6.07, 6.45) is -0.196. The molecule has 3 amide bonds. The number of aryl methyl sites for hydroxylation is 1. The van der Waals surface area contributed by atoms with Gasteiger partial charge in [0.25, 0.3) is 5.12 Å². The van der Waals surface area contributed by atoms with Crippen LogP contribution < -0.4 is 10.1 Å². The van der Waals surface area contributed by atoms with Crippen LogP contribution in [0, 0.1) is 6.92 Å². The van der Waals surface area contributed by atoms with Crippen molar-refractivity contribution in [2.24, 2.45) is 0 Å². The largest absolute Gasteiger partial charge is 0.458 e. The van der Waals surface area contributed by atoms with Gasteiger partial charge < -0.3 is 14.8 Å². The van der Waals surface area contributed by atoms with E-state index < -0.39 is 56.7 Å². The second-order valence-electron chi connectivity index (χ2n) is 11.5. The quantitative estimate of drug-likeness (QED) is 0.335. The summed E-state index contributed by atoms with van der Waals surface area (Å²) in [7, 11) is -3.95. The predicted molar refractivity (Wildman–Crippen MR) is 161 cm³/mol. The number of rotatable bonds is 8. The molecule has 0 aromatic heterocycles. The lowest BCUT2D eigenvalue weighted by Gasteiger charge is -2.28. The molecule has 2 heterocycles. The molecule has 2 aromatic rings. The first kappa shape index (κ1) is 33.1. The number of hydrogen-bond donors (Lipinski definition) is 1. The Morgan fingerprint density at radius 2 is 1.68 bits per heavy atom. The van der Waals surface area contributed by atoms with Crippen LogP contribution in [0.3, 0.4) is 0 Å². The molecule has 0 saturated carbocycles. The maximum absolute atomic E-state index is 13.5. The molecular weight excluding hydrogens is 610 g/mol. The number of benzene rings is 2. The Morgan fingerprint density at radius 3 is 2.32 bits per heavy atom. The summed E-state index contributed by atoms with van der Waals surface area (Å²) in [5.74, 6) is -1.85. The van der Waals surface area contributed by atoms with Crippen LogP contribution in [0.4, 0.5) is 4.79 Å². The molecule has 2 aliphatic rings. The van der Waals surface area contributed by atoms with Crippen molar-refractivity contribution in [1.82, 2.24) is 14.5 Å². The number of hydrogen-bond acceptors (Lipinski definition) is 10. The van der Waals surface area contributed by atoms with Crippen LogP contribution in [0.2, 0.25) is 0 Å². The van der Waals surface area contributed by atoms with Gasteiger partial charge in [0.15, 0.2) is 0 Å². The zero-order valence-electron chi connectivity index (χ0n) is 24.9. The Hall–Kier alpha value is -3.75. The van der Waals surface area contributed by atoms with E-state index in [1.54, 1.807) is 45.0 Å². The van der Waals surface area contributed by atoms with Crippen LogP contribution in [0.15, 0.2) is 53.4 Å². The van der Waals surface area contributed by atoms with Crippen molar-refractivity contribution in [3.63, 3.8) is 0 Å². The fourth-order valence-electron chi connectivity index (χ4n) is 4.73. The minimum absolute atomic E-state index is 0.00263. The molecule has 2 fully saturated rings. The van der Waals surface area contributed by atoms with Crippen molar-refractivity contribution in [3.05, 3.63) is 59.7 Å². The third-order valence-corrected chi connectivity index (χ3v) is 9.64. The van der Waals surface area contributed by atoms with E-state index in [0.717, 1.165) is 22.2 Å². The molecule has 0 aliphatic carbocycles. The fourth-order valence-corrected chi connectivity index (χ4v) is 7.08. The molecule has 0 bridgehead atoms. The second-order valence-corrected chi connectivity index (χ2v) is 14.4. The highest BCUT2D eigenvalue weighted by Crippen LogP contribution is 2.27. The highest BCUT2D eigenvalue weighted by Gasteiger charge is 2.41. The normalized spacial score (nSPS) is 18.5. The van der Waals surface area contributed by atoms with Gasteiger partial charge in [-0.1, -0.05) is 41.6 Å². The fraction of sp³-hybridized carbons (Fsp3) is 0.433. The Morgan fingerprint density at radius 1 is 1.02 bits per heavy atom. The van der Waals surface area contributed by atoms with Gasteiger partial charge in [0, 0.05) is 25.3 Å². The van der Waals surface area contributed by atoms with E-state index in [0.29, 0.717) is 18.4 Å². The van der Waals surface area contributed by atoms with Gasteiger partial charge in [0.05, 0.1) is 4.90 Å². The van der Waals surface area contributed by atoms with E-state index >= 15 is 0 Å². The second kappa shape index (κ2) is 13.5. The van der Waals surface area contributed by atoms with Crippen LogP contribution in [0.1, 0.15) is 44.7 Å². The Kier molecular flexibility index (Phi) is 10.2. The Balaban J connectivity index is 1.48. The number of thioether (sulfide) groups is 1. The van der Waals surface area contributed by atoms with Gasteiger partial charge in [0.2, 0.25) is 15.9 Å². The van der Waals surface area contributed by atoms with E-state index in [-0.39, 0.29) is 35.9 Å². The lowest BCUT2D eigenvalue weighted by molar-refractivity contribution is -0.158. The number of imide groups is 1. The summed E-state index contributed by atoms with van der Waals surface area (Å²) >= 11 is 0.841. The minimum atomic E-state index is -3.95. The van der Waals surface area contributed by atoms with E-state index in [4.69, 9.17) is 9.47 Å². The Labute approximate surface area is 260 Å². The number of ether oxygens (including phenoxy) is 2. The number of nitrogens with one attached hydrogen (secondary N) is 1. The first-order valence-corrected chi connectivity index (χ1v) is 16.5. The van der Waals surface area contributed by atoms with Crippen molar-refractivity contribution in [1.29, 1.82) is 0 Å². The average Bonchev–Trinajstić information content (AvgIpc) is 3.46. The summed E-state index contributed by atoms with van der Waals surface area (Å²) in [5.41, 5.74) is 0.633. The molecule has 2 aliphatic heterocycles. The number of sulfonamides is 1. The molecule has 14 heteroatoms.